The minimum absolute atomic E-state index is 1.03. The van der Waals surface area contributed by atoms with Gasteiger partial charge in [0.05, 0.1) is 10.7 Å². The van der Waals surface area contributed by atoms with Crippen LogP contribution in [0.25, 0.3) is 0 Å². The Kier molecular flexibility index (Phi) is 4.32. The summed E-state index contributed by atoms with van der Waals surface area (Å²) in [5, 5.41) is 3.37. The van der Waals surface area contributed by atoms with Crippen molar-refractivity contribution in [3.05, 3.63) is 16.1 Å². The van der Waals surface area contributed by atoms with Crippen LogP contribution in [0.15, 0.2) is 5.38 Å². The predicted octanol–water partition coefficient (Wildman–Crippen LogP) is 1.98. The first-order chi connectivity index (χ1) is 7.78. The van der Waals surface area contributed by atoms with E-state index in [1.54, 1.807) is 11.3 Å². The molecular formula is C12H21N3S. The maximum atomic E-state index is 4.52. The minimum atomic E-state index is 1.03. The molecule has 4 heteroatoms. The number of thiazole rings is 1. The number of nitrogens with zero attached hydrogens (tertiary/aromatic N) is 3. The number of hydrogen-bond donors (Lipinski definition) is 0. The standard InChI is InChI=1S/C12H21N3S/c1-3-4-14-5-7-15(8-6-14)9-12-10-16-11(2)13-12/h10H,3-9H2,1-2H3. The van der Waals surface area contributed by atoms with Gasteiger partial charge in [-0.05, 0) is 19.9 Å². The van der Waals surface area contributed by atoms with Crippen molar-refractivity contribution in [3.8, 4) is 0 Å². The van der Waals surface area contributed by atoms with E-state index in [9.17, 15) is 0 Å². The summed E-state index contributed by atoms with van der Waals surface area (Å²) in [5.41, 5.74) is 1.24. The molecule has 0 saturated carbocycles. The van der Waals surface area contributed by atoms with Crippen LogP contribution in [0.1, 0.15) is 24.0 Å². The maximum absolute atomic E-state index is 4.52. The highest BCUT2D eigenvalue weighted by atomic mass is 32.1. The third-order valence-electron chi connectivity index (χ3n) is 3.06. The SMILES string of the molecule is CCCN1CCN(Cc2csc(C)n2)CC1. The molecule has 0 spiro atoms. The third kappa shape index (κ3) is 3.27. The molecular weight excluding hydrogens is 218 g/mol. The molecule has 1 aromatic heterocycles. The van der Waals surface area contributed by atoms with Crippen LogP contribution >= 0.6 is 11.3 Å². The second kappa shape index (κ2) is 5.75. The van der Waals surface area contributed by atoms with Gasteiger partial charge < -0.3 is 4.90 Å². The monoisotopic (exact) mass is 239 g/mol. The lowest BCUT2D eigenvalue weighted by Gasteiger charge is -2.34. The number of rotatable bonds is 4. The molecule has 0 aliphatic carbocycles. The molecule has 1 aliphatic rings. The molecule has 0 aromatic carbocycles. The van der Waals surface area contributed by atoms with Gasteiger partial charge >= 0.3 is 0 Å². The van der Waals surface area contributed by atoms with Gasteiger partial charge in [0.2, 0.25) is 0 Å². The third-order valence-corrected chi connectivity index (χ3v) is 3.88. The van der Waals surface area contributed by atoms with Crippen molar-refractivity contribution in [2.75, 3.05) is 32.7 Å². The summed E-state index contributed by atoms with van der Waals surface area (Å²) < 4.78 is 0. The number of aryl methyl sites for hydroxylation is 1. The zero-order chi connectivity index (χ0) is 11.4. The lowest BCUT2D eigenvalue weighted by atomic mass is 10.3. The van der Waals surface area contributed by atoms with Gasteiger partial charge in [-0.3, -0.25) is 4.90 Å². The van der Waals surface area contributed by atoms with Crippen LogP contribution in [0.5, 0.6) is 0 Å². The van der Waals surface area contributed by atoms with E-state index in [1.165, 1.54) is 49.8 Å². The molecule has 0 bridgehead atoms. The van der Waals surface area contributed by atoms with Gasteiger partial charge in [0.1, 0.15) is 0 Å². The van der Waals surface area contributed by atoms with Gasteiger partial charge in [-0.15, -0.1) is 11.3 Å². The Hall–Kier alpha value is -0.450. The highest BCUT2D eigenvalue weighted by Crippen LogP contribution is 2.12. The molecule has 2 rings (SSSR count). The van der Waals surface area contributed by atoms with Gasteiger partial charge in [-0.25, -0.2) is 4.98 Å². The fraction of sp³-hybridized carbons (Fsp3) is 0.750. The van der Waals surface area contributed by atoms with E-state index >= 15 is 0 Å². The maximum Gasteiger partial charge on any atom is 0.0897 e. The molecule has 1 fully saturated rings. The van der Waals surface area contributed by atoms with E-state index in [-0.39, 0.29) is 0 Å². The van der Waals surface area contributed by atoms with E-state index in [4.69, 9.17) is 0 Å². The molecule has 2 heterocycles. The van der Waals surface area contributed by atoms with Crippen molar-refractivity contribution in [2.24, 2.45) is 0 Å². The van der Waals surface area contributed by atoms with Gasteiger partial charge in [0.25, 0.3) is 0 Å². The average molecular weight is 239 g/mol. The fourth-order valence-corrected chi connectivity index (χ4v) is 2.80. The van der Waals surface area contributed by atoms with Crippen molar-refractivity contribution < 1.29 is 0 Å². The highest BCUT2D eigenvalue weighted by molar-refractivity contribution is 7.09. The van der Waals surface area contributed by atoms with Crippen molar-refractivity contribution in [3.63, 3.8) is 0 Å². The topological polar surface area (TPSA) is 19.4 Å². The second-order valence-electron chi connectivity index (χ2n) is 4.48. The Bertz CT molecular complexity index is 316. The van der Waals surface area contributed by atoms with Gasteiger partial charge in [0, 0.05) is 38.1 Å². The van der Waals surface area contributed by atoms with Crippen molar-refractivity contribution in [1.29, 1.82) is 0 Å². The van der Waals surface area contributed by atoms with Crippen LogP contribution in [0.4, 0.5) is 0 Å². The molecule has 1 aromatic rings. The molecule has 0 amide bonds. The summed E-state index contributed by atoms with van der Waals surface area (Å²) >= 11 is 1.75. The fourth-order valence-electron chi connectivity index (χ4n) is 2.20. The number of piperazine rings is 1. The van der Waals surface area contributed by atoms with E-state index in [2.05, 4.69) is 34.0 Å². The zero-order valence-electron chi connectivity index (χ0n) is 10.3. The second-order valence-corrected chi connectivity index (χ2v) is 5.54. The lowest BCUT2D eigenvalue weighted by molar-refractivity contribution is 0.126. The van der Waals surface area contributed by atoms with E-state index in [1.807, 2.05) is 0 Å². The van der Waals surface area contributed by atoms with Crippen LogP contribution in [0.2, 0.25) is 0 Å². The number of hydrogen-bond acceptors (Lipinski definition) is 4. The van der Waals surface area contributed by atoms with Crippen molar-refractivity contribution in [1.82, 2.24) is 14.8 Å². The predicted molar refractivity (Wildman–Crippen MR) is 68.9 cm³/mol. The van der Waals surface area contributed by atoms with Crippen LogP contribution in [0.3, 0.4) is 0 Å². The molecule has 1 aliphatic heterocycles. The van der Waals surface area contributed by atoms with Crippen LogP contribution in [-0.2, 0) is 6.54 Å². The summed E-state index contributed by atoms with van der Waals surface area (Å²) in [6, 6.07) is 0. The Balaban J connectivity index is 1.77. The Morgan fingerprint density at radius 1 is 1.25 bits per heavy atom. The van der Waals surface area contributed by atoms with Gasteiger partial charge in [0.15, 0.2) is 0 Å². The van der Waals surface area contributed by atoms with Crippen molar-refractivity contribution >= 4 is 11.3 Å². The first-order valence-corrected chi connectivity index (χ1v) is 7.01. The minimum Gasteiger partial charge on any atom is -0.301 e. The summed E-state index contributed by atoms with van der Waals surface area (Å²) in [4.78, 5) is 9.60. The van der Waals surface area contributed by atoms with Gasteiger partial charge in [-0.1, -0.05) is 6.92 Å². The zero-order valence-corrected chi connectivity index (χ0v) is 11.1. The summed E-state index contributed by atoms with van der Waals surface area (Å²) in [6.07, 6.45) is 1.27. The summed E-state index contributed by atoms with van der Waals surface area (Å²) in [6.45, 7) is 11.4. The largest absolute Gasteiger partial charge is 0.301 e. The molecule has 1 saturated heterocycles. The highest BCUT2D eigenvalue weighted by Gasteiger charge is 2.16. The first kappa shape index (κ1) is 12.0. The molecule has 0 N–H and O–H groups in total. The molecule has 0 unspecified atom stereocenters. The molecule has 3 nitrogen and oxygen atoms in total. The molecule has 0 atom stereocenters. The quantitative estimate of drug-likeness (QED) is 0.801. The Morgan fingerprint density at radius 2 is 1.94 bits per heavy atom. The Labute approximate surface area is 102 Å². The molecule has 90 valence electrons. The first-order valence-electron chi connectivity index (χ1n) is 6.13. The normalized spacial score (nSPS) is 19.1. The van der Waals surface area contributed by atoms with Crippen molar-refractivity contribution in [2.45, 2.75) is 26.8 Å². The average Bonchev–Trinajstić information content (AvgIpc) is 2.67. The smallest absolute Gasteiger partial charge is 0.0897 e. The summed E-state index contributed by atoms with van der Waals surface area (Å²) in [5.74, 6) is 0. The lowest BCUT2D eigenvalue weighted by Crippen LogP contribution is -2.46. The number of aromatic nitrogens is 1. The molecule has 0 radical (unpaired) electrons. The van der Waals surface area contributed by atoms with E-state index in [0.717, 1.165) is 6.54 Å². The summed E-state index contributed by atoms with van der Waals surface area (Å²) in [7, 11) is 0. The van der Waals surface area contributed by atoms with E-state index in [0.29, 0.717) is 0 Å². The van der Waals surface area contributed by atoms with E-state index < -0.39 is 0 Å². The molecule has 16 heavy (non-hydrogen) atoms. The van der Waals surface area contributed by atoms with Crippen LogP contribution < -0.4 is 0 Å². The van der Waals surface area contributed by atoms with Crippen LogP contribution in [0, 0.1) is 6.92 Å². The Morgan fingerprint density at radius 3 is 2.50 bits per heavy atom. The van der Waals surface area contributed by atoms with Gasteiger partial charge in [-0.2, -0.15) is 0 Å². The van der Waals surface area contributed by atoms with Crippen LogP contribution in [-0.4, -0.2) is 47.5 Å².